The van der Waals surface area contributed by atoms with Crippen LogP contribution in [0.4, 0.5) is 0 Å². The summed E-state index contributed by atoms with van der Waals surface area (Å²) in [5, 5.41) is 9.10. The zero-order valence-corrected chi connectivity index (χ0v) is 40.9. The number of carbonyl (C=O) groups is 3. The van der Waals surface area contributed by atoms with Gasteiger partial charge in [0.05, 0.1) is 31.0 Å². The molecule has 59 heavy (non-hydrogen) atoms. The molecule has 0 aliphatic rings. The number of carbonyl (C=O) groups excluding carboxylic acids is 3. The molecule has 0 aromatic heterocycles. The third-order valence-corrected chi connectivity index (χ3v) is 10.4. The highest BCUT2D eigenvalue weighted by atomic mass is 16.5. The van der Waals surface area contributed by atoms with Crippen LogP contribution in [-0.2, 0) is 38.1 Å². The van der Waals surface area contributed by atoms with Crippen molar-refractivity contribution in [3.8, 4) is 0 Å². The van der Waals surface area contributed by atoms with Crippen molar-refractivity contribution in [2.45, 2.75) is 210 Å². The second kappa shape index (κ2) is 29.5. The minimum absolute atomic E-state index is 0.0244. The monoisotopic (exact) mass is 842 g/mol. The lowest BCUT2D eigenvalue weighted by Gasteiger charge is -2.35. The minimum atomic E-state index is -0.212. The van der Waals surface area contributed by atoms with Crippen LogP contribution in [0.2, 0.25) is 0 Å². The fourth-order valence-corrected chi connectivity index (χ4v) is 6.90. The van der Waals surface area contributed by atoms with Gasteiger partial charge in [0.2, 0.25) is 17.7 Å². The highest BCUT2D eigenvalue weighted by Crippen LogP contribution is 2.36. The van der Waals surface area contributed by atoms with Crippen molar-refractivity contribution >= 4 is 17.7 Å². The fraction of sp³-hybridized carbons (Fsp3) is 0.938. The molecule has 11 nitrogen and oxygen atoms in total. The molecular weight excluding hydrogens is 747 g/mol. The van der Waals surface area contributed by atoms with E-state index in [0.717, 1.165) is 83.7 Å². The van der Waals surface area contributed by atoms with Crippen LogP contribution in [0, 0.1) is 16.2 Å². The van der Waals surface area contributed by atoms with Crippen LogP contribution in [0.25, 0.3) is 0 Å². The maximum Gasteiger partial charge on any atom is 0.222 e. The first-order valence-electron chi connectivity index (χ1n) is 23.1. The number of hydrogen-bond donors (Lipinski definition) is 3. The van der Waals surface area contributed by atoms with Crippen molar-refractivity contribution in [2.75, 3.05) is 65.9 Å². The zero-order valence-electron chi connectivity index (χ0n) is 40.9. The van der Waals surface area contributed by atoms with Gasteiger partial charge in [-0.1, -0.05) is 48.0 Å². The lowest BCUT2D eigenvalue weighted by Crippen LogP contribution is -2.40. The van der Waals surface area contributed by atoms with Crippen LogP contribution in [0.1, 0.15) is 193 Å². The van der Waals surface area contributed by atoms with Gasteiger partial charge in [-0.05, 0) is 142 Å². The molecule has 350 valence electrons. The van der Waals surface area contributed by atoms with Gasteiger partial charge in [-0.2, -0.15) is 0 Å². The average Bonchev–Trinajstić information content (AvgIpc) is 3.07. The Morgan fingerprint density at radius 1 is 0.407 bits per heavy atom. The second-order valence-electron chi connectivity index (χ2n) is 21.7. The van der Waals surface area contributed by atoms with E-state index in [0.29, 0.717) is 78.6 Å². The second-order valence-corrected chi connectivity index (χ2v) is 21.7. The molecule has 0 bridgehead atoms. The van der Waals surface area contributed by atoms with Crippen LogP contribution >= 0.6 is 0 Å². The summed E-state index contributed by atoms with van der Waals surface area (Å²) in [6, 6.07) is 0. The molecule has 0 rings (SSSR count). The Hall–Kier alpha value is -1.79. The van der Waals surface area contributed by atoms with Gasteiger partial charge in [-0.25, -0.2) is 0 Å². The molecule has 0 aromatic carbocycles. The molecule has 3 N–H and O–H groups in total. The fourth-order valence-electron chi connectivity index (χ4n) is 6.90. The van der Waals surface area contributed by atoms with E-state index in [2.05, 4.69) is 92.1 Å². The summed E-state index contributed by atoms with van der Waals surface area (Å²) in [6.07, 6.45) is 13.0. The molecule has 0 saturated heterocycles. The lowest BCUT2D eigenvalue weighted by atomic mass is 9.76. The molecule has 3 amide bonds. The third-order valence-electron chi connectivity index (χ3n) is 10.4. The number of unbranched alkanes of at least 4 members (excludes halogenated alkanes) is 3. The molecule has 0 radical (unpaired) electrons. The van der Waals surface area contributed by atoms with Gasteiger partial charge in [0, 0.05) is 70.9 Å². The Morgan fingerprint density at radius 2 is 0.797 bits per heavy atom. The molecular formula is C48H95N3O8. The van der Waals surface area contributed by atoms with Gasteiger partial charge in [0.25, 0.3) is 0 Å². The zero-order chi connectivity index (χ0) is 45.1. The quantitative estimate of drug-likeness (QED) is 0.0532. The third kappa shape index (κ3) is 38.8. The summed E-state index contributed by atoms with van der Waals surface area (Å²) in [6.45, 7) is 36.2. The van der Waals surface area contributed by atoms with Gasteiger partial charge in [0.1, 0.15) is 0 Å². The summed E-state index contributed by atoms with van der Waals surface area (Å²) in [4.78, 5) is 36.6. The van der Waals surface area contributed by atoms with E-state index in [1.54, 1.807) is 0 Å². The summed E-state index contributed by atoms with van der Waals surface area (Å²) in [7, 11) is 0. The van der Waals surface area contributed by atoms with Gasteiger partial charge in [-0.15, -0.1) is 0 Å². The van der Waals surface area contributed by atoms with Crippen LogP contribution in [0.5, 0.6) is 0 Å². The average molecular weight is 842 g/mol. The first-order valence-corrected chi connectivity index (χ1v) is 23.1. The number of amides is 3. The van der Waals surface area contributed by atoms with Crippen LogP contribution in [0.3, 0.4) is 0 Å². The van der Waals surface area contributed by atoms with E-state index in [1.165, 1.54) is 0 Å². The predicted octanol–water partition coefficient (Wildman–Crippen LogP) is 9.72. The summed E-state index contributed by atoms with van der Waals surface area (Å²) < 4.78 is 29.1. The molecule has 0 unspecified atom stereocenters. The molecule has 0 saturated carbocycles. The molecule has 11 heteroatoms. The largest absolute Gasteiger partial charge is 0.381 e. The van der Waals surface area contributed by atoms with Crippen molar-refractivity contribution in [3.05, 3.63) is 0 Å². The standard InChI is InChI=1S/C48H95N3O8/c1-43(2,3)51-42(54)23-38-57-33-18-20-35-59-48(13,14)39-47(11,12)24-15-16-31-55-36-21-40(52)49-29-27-45(7,8)25-26-46(9,10)28-30-50-41(53)22-37-56-32-17-19-34-58-44(4,5)6/h15-39H2,1-14H3,(H,49,52)(H,50,53)(H,51,54). The van der Waals surface area contributed by atoms with Crippen molar-refractivity contribution in [2.24, 2.45) is 16.2 Å². The van der Waals surface area contributed by atoms with Crippen molar-refractivity contribution in [1.82, 2.24) is 16.0 Å². The number of hydrogen-bond acceptors (Lipinski definition) is 8. The SMILES string of the molecule is CC(C)(CCNC(=O)CCOCCCCOC(C)(C)C)CCC(C)(C)CCNC(=O)CCOCCCCC(C)(C)CC(C)(C)OCCCCOCCC(=O)NC(C)(C)C. The topological polar surface area (TPSA) is 133 Å². The Labute approximate surface area is 363 Å². The van der Waals surface area contributed by atoms with Gasteiger partial charge >= 0.3 is 0 Å². The summed E-state index contributed by atoms with van der Waals surface area (Å²) in [5.41, 5.74) is -0.143. The molecule has 0 atom stereocenters. The van der Waals surface area contributed by atoms with E-state index in [9.17, 15) is 14.4 Å². The van der Waals surface area contributed by atoms with Gasteiger partial charge < -0.3 is 39.6 Å². The molecule has 0 fully saturated rings. The Bertz CT molecular complexity index is 1120. The Morgan fingerprint density at radius 3 is 1.22 bits per heavy atom. The van der Waals surface area contributed by atoms with E-state index in [-0.39, 0.29) is 50.7 Å². The van der Waals surface area contributed by atoms with Gasteiger partial charge in [-0.3, -0.25) is 14.4 Å². The molecule has 0 aliphatic carbocycles. The predicted molar refractivity (Wildman–Crippen MR) is 243 cm³/mol. The van der Waals surface area contributed by atoms with E-state index < -0.39 is 0 Å². The Balaban J connectivity index is 3.98. The first-order chi connectivity index (χ1) is 27.2. The maximum atomic E-state index is 12.5. The van der Waals surface area contributed by atoms with Crippen molar-refractivity contribution < 1.29 is 38.1 Å². The molecule has 0 heterocycles. The van der Waals surface area contributed by atoms with E-state index >= 15 is 0 Å². The van der Waals surface area contributed by atoms with Gasteiger partial charge in [0.15, 0.2) is 0 Å². The van der Waals surface area contributed by atoms with E-state index in [4.69, 9.17) is 23.7 Å². The minimum Gasteiger partial charge on any atom is -0.381 e. The number of nitrogens with one attached hydrogen (secondary N) is 3. The summed E-state index contributed by atoms with van der Waals surface area (Å²) >= 11 is 0. The normalized spacial score (nSPS) is 13.1. The van der Waals surface area contributed by atoms with E-state index in [1.807, 2.05) is 20.8 Å². The lowest BCUT2D eigenvalue weighted by molar-refractivity contribution is -0.124. The molecule has 0 spiro atoms. The smallest absolute Gasteiger partial charge is 0.222 e. The highest BCUT2D eigenvalue weighted by Gasteiger charge is 2.29. The Kier molecular flexibility index (Phi) is 28.6. The maximum absolute atomic E-state index is 12.5. The van der Waals surface area contributed by atoms with Crippen molar-refractivity contribution in [3.63, 3.8) is 0 Å². The highest BCUT2D eigenvalue weighted by molar-refractivity contribution is 5.77. The van der Waals surface area contributed by atoms with Crippen LogP contribution in [-0.4, -0.2) is 100 Å². The van der Waals surface area contributed by atoms with Crippen molar-refractivity contribution in [1.29, 1.82) is 0 Å². The molecule has 0 aromatic rings. The molecule has 0 aliphatic heterocycles. The summed E-state index contributed by atoms with van der Waals surface area (Å²) in [5.74, 6) is 0.115. The number of ether oxygens (including phenoxy) is 5. The number of rotatable bonds is 36. The first kappa shape index (κ1) is 57.2. The van der Waals surface area contributed by atoms with Crippen LogP contribution in [0.15, 0.2) is 0 Å². The van der Waals surface area contributed by atoms with Crippen LogP contribution < -0.4 is 16.0 Å².